The van der Waals surface area contributed by atoms with E-state index in [2.05, 4.69) is 11.8 Å². The Balaban J connectivity index is 2.27. The largest absolute Gasteiger partial charge is 0.344 e. The van der Waals surface area contributed by atoms with E-state index in [0.717, 1.165) is 25.9 Å². The average molecular weight is 241 g/mol. The molecular formula is C13H27N3O. The molecule has 1 heterocycles. The molecule has 1 unspecified atom stereocenters. The standard InChI is InChI=1S/C13H27N3O/c1-3-16-10-6-7-12(16)11-15(2)13(17)8-4-5-9-14/h12H,3-11,14H2,1-2H3. The average Bonchev–Trinajstić information content (AvgIpc) is 2.76. The molecule has 1 amide bonds. The first-order valence-corrected chi connectivity index (χ1v) is 6.87. The zero-order valence-corrected chi connectivity index (χ0v) is 11.3. The predicted molar refractivity (Wildman–Crippen MR) is 70.8 cm³/mol. The molecule has 0 aromatic rings. The molecule has 1 fully saturated rings. The third-order valence-electron chi connectivity index (χ3n) is 3.66. The number of nitrogens with two attached hydrogens (primary N) is 1. The fourth-order valence-electron chi connectivity index (χ4n) is 2.55. The Morgan fingerprint density at radius 2 is 2.24 bits per heavy atom. The second kappa shape index (κ2) is 7.67. The van der Waals surface area contributed by atoms with Crippen LogP contribution in [0.25, 0.3) is 0 Å². The number of likely N-dealkylation sites (tertiary alicyclic amines) is 1. The Hall–Kier alpha value is -0.610. The number of hydrogen-bond acceptors (Lipinski definition) is 3. The van der Waals surface area contributed by atoms with Crippen LogP contribution < -0.4 is 5.73 Å². The van der Waals surface area contributed by atoms with Gasteiger partial charge in [0.05, 0.1) is 0 Å². The number of amides is 1. The van der Waals surface area contributed by atoms with E-state index in [4.69, 9.17) is 5.73 Å². The van der Waals surface area contributed by atoms with Crippen molar-refractivity contribution in [3.05, 3.63) is 0 Å². The highest BCUT2D eigenvalue weighted by Gasteiger charge is 2.25. The number of likely N-dealkylation sites (N-methyl/N-ethyl adjacent to an activating group) is 2. The summed E-state index contributed by atoms with van der Waals surface area (Å²) in [6.45, 7) is 6.05. The maximum Gasteiger partial charge on any atom is 0.222 e. The predicted octanol–water partition coefficient (Wildman–Crippen LogP) is 1.06. The van der Waals surface area contributed by atoms with E-state index in [1.807, 2.05) is 11.9 Å². The lowest BCUT2D eigenvalue weighted by atomic mass is 10.2. The normalized spacial score (nSPS) is 20.8. The molecule has 4 nitrogen and oxygen atoms in total. The van der Waals surface area contributed by atoms with E-state index in [-0.39, 0.29) is 5.91 Å². The minimum absolute atomic E-state index is 0.265. The Labute approximate surface area is 105 Å². The molecule has 1 saturated heterocycles. The summed E-state index contributed by atoms with van der Waals surface area (Å²) in [7, 11) is 1.93. The molecule has 1 atom stereocenters. The molecule has 0 aromatic carbocycles. The summed E-state index contributed by atoms with van der Waals surface area (Å²) in [5, 5.41) is 0. The van der Waals surface area contributed by atoms with E-state index >= 15 is 0 Å². The molecule has 17 heavy (non-hydrogen) atoms. The van der Waals surface area contributed by atoms with Crippen LogP contribution in [0.5, 0.6) is 0 Å². The van der Waals surface area contributed by atoms with Crippen LogP contribution in [-0.4, -0.2) is 55.0 Å². The third kappa shape index (κ3) is 4.64. The summed E-state index contributed by atoms with van der Waals surface area (Å²) in [6.07, 6.45) is 5.01. The Bertz CT molecular complexity index is 233. The van der Waals surface area contributed by atoms with E-state index in [0.29, 0.717) is 19.0 Å². The minimum Gasteiger partial charge on any atom is -0.344 e. The highest BCUT2D eigenvalue weighted by atomic mass is 16.2. The Morgan fingerprint density at radius 3 is 2.88 bits per heavy atom. The van der Waals surface area contributed by atoms with Crippen molar-refractivity contribution in [1.29, 1.82) is 0 Å². The SMILES string of the molecule is CCN1CCCC1CN(C)C(=O)CCCCN. The van der Waals surface area contributed by atoms with Crippen molar-refractivity contribution >= 4 is 5.91 Å². The number of carbonyl (C=O) groups is 1. The van der Waals surface area contributed by atoms with Crippen LogP contribution in [-0.2, 0) is 4.79 Å². The van der Waals surface area contributed by atoms with E-state index in [1.165, 1.54) is 19.4 Å². The quantitative estimate of drug-likeness (QED) is 0.678. The van der Waals surface area contributed by atoms with Gasteiger partial charge in [0, 0.05) is 26.1 Å². The molecule has 0 aliphatic carbocycles. The summed E-state index contributed by atoms with van der Waals surface area (Å²) in [6, 6.07) is 0.573. The van der Waals surface area contributed by atoms with Crippen LogP contribution in [0, 0.1) is 0 Å². The van der Waals surface area contributed by atoms with Crippen LogP contribution in [0.1, 0.15) is 39.0 Å². The fraction of sp³-hybridized carbons (Fsp3) is 0.923. The highest BCUT2D eigenvalue weighted by Crippen LogP contribution is 2.17. The fourth-order valence-corrected chi connectivity index (χ4v) is 2.55. The molecular weight excluding hydrogens is 214 g/mol. The van der Waals surface area contributed by atoms with Crippen LogP contribution in [0.4, 0.5) is 0 Å². The van der Waals surface area contributed by atoms with Gasteiger partial charge in [-0.2, -0.15) is 0 Å². The Morgan fingerprint density at radius 1 is 1.47 bits per heavy atom. The molecule has 0 bridgehead atoms. The number of hydrogen-bond donors (Lipinski definition) is 1. The highest BCUT2D eigenvalue weighted by molar-refractivity contribution is 5.75. The maximum absolute atomic E-state index is 11.9. The monoisotopic (exact) mass is 241 g/mol. The summed E-state index contributed by atoms with van der Waals surface area (Å²) >= 11 is 0. The van der Waals surface area contributed by atoms with Crippen molar-refractivity contribution in [3.8, 4) is 0 Å². The number of unbranched alkanes of at least 4 members (excludes halogenated alkanes) is 1. The van der Waals surface area contributed by atoms with Crippen molar-refractivity contribution in [3.63, 3.8) is 0 Å². The van der Waals surface area contributed by atoms with Gasteiger partial charge in [-0.25, -0.2) is 0 Å². The van der Waals surface area contributed by atoms with Gasteiger partial charge in [0.2, 0.25) is 5.91 Å². The molecule has 1 rings (SSSR count). The van der Waals surface area contributed by atoms with Gasteiger partial charge in [0.1, 0.15) is 0 Å². The molecule has 0 spiro atoms. The second-order valence-corrected chi connectivity index (χ2v) is 4.94. The first kappa shape index (κ1) is 14.5. The van der Waals surface area contributed by atoms with Crippen molar-refractivity contribution in [1.82, 2.24) is 9.80 Å². The third-order valence-corrected chi connectivity index (χ3v) is 3.66. The van der Waals surface area contributed by atoms with Crippen LogP contribution in [0.15, 0.2) is 0 Å². The molecule has 1 aliphatic rings. The lowest BCUT2D eigenvalue weighted by Gasteiger charge is -2.27. The first-order chi connectivity index (χ1) is 8.19. The number of nitrogens with zero attached hydrogens (tertiary/aromatic N) is 2. The lowest BCUT2D eigenvalue weighted by Crippen LogP contribution is -2.41. The summed E-state index contributed by atoms with van der Waals surface area (Å²) in [5.41, 5.74) is 5.43. The van der Waals surface area contributed by atoms with Gasteiger partial charge in [-0.3, -0.25) is 9.69 Å². The summed E-state index contributed by atoms with van der Waals surface area (Å²) in [5.74, 6) is 0.265. The van der Waals surface area contributed by atoms with Gasteiger partial charge >= 0.3 is 0 Å². The van der Waals surface area contributed by atoms with Gasteiger partial charge in [-0.1, -0.05) is 6.92 Å². The van der Waals surface area contributed by atoms with E-state index in [9.17, 15) is 4.79 Å². The lowest BCUT2D eigenvalue weighted by molar-refractivity contribution is -0.130. The zero-order valence-electron chi connectivity index (χ0n) is 11.3. The van der Waals surface area contributed by atoms with Gasteiger partial charge in [0.25, 0.3) is 0 Å². The number of rotatable bonds is 7. The first-order valence-electron chi connectivity index (χ1n) is 6.87. The van der Waals surface area contributed by atoms with Crippen molar-refractivity contribution < 1.29 is 4.79 Å². The second-order valence-electron chi connectivity index (χ2n) is 4.94. The van der Waals surface area contributed by atoms with E-state index in [1.54, 1.807) is 0 Å². The maximum atomic E-state index is 11.9. The number of carbonyl (C=O) groups excluding carboxylic acids is 1. The Kier molecular flexibility index (Phi) is 6.52. The topological polar surface area (TPSA) is 49.6 Å². The van der Waals surface area contributed by atoms with E-state index < -0.39 is 0 Å². The summed E-state index contributed by atoms with van der Waals surface area (Å²) in [4.78, 5) is 16.2. The van der Waals surface area contributed by atoms with Crippen LogP contribution >= 0.6 is 0 Å². The van der Waals surface area contributed by atoms with Gasteiger partial charge in [-0.05, 0) is 45.3 Å². The van der Waals surface area contributed by atoms with Crippen molar-refractivity contribution in [2.45, 2.75) is 45.1 Å². The molecule has 0 radical (unpaired) electrons. The zero-order chi connectivity index (χ0) is 12.7. The molecule has 0 saturated carbocycles. The van der Waals surface area contributed by atoms with Gasteiger partial charge < -0.3 is 10.6 Å². The van der Waals surface area contributed by atoms with Crippen LogP contribution in [0.2, 0.25) is 0 Å². The molecule has 0 aromatic heterocycles. The van der Waals surface area contributed by atoms with Gasteiger partial charge in [-0.15, -0.1) is 0 Å². The molecule has 100 valence electrons. The van der Waals surface area contributed by atoms with Crippen LogP contribution in [0.3, 0.4) is 0 Å². The summed E-state index contributed by atoms with van der Waals surface area (Å²) < 4.78 is 0. The van der Waals surface area contributed by atoms with Crippen molar-refractivity contribution in [2.24, 2.45) is 5.73 Å². The molecule has 1 aliphatic heterocycles. The molecule has 4 heteroatoms. The van der Waals surface area contributed by atoms with Crippen molar-refractivity contribution in [2.75, 3.05) is 33.2 Å². The molecule has 2 N–H and O–H groups in total. The van der Waals surface area contributed by atoms with Gasteiger partial charge in [0.15, 0.2) is 0 Å². The minimum atomic E-state index is 0.265. The smallest absolute Gasteiger partial charge is 0.222 e.